The van der Waals surface area contributed by atoms with Gasteiger partial charge < -0.3 is 5.32 Å². The number of likely N-dealkylation sites (N-methyl/N-ethyl adjacent to an activating group) is 1. The minimum atomic E-state index is -0.185. The van der Waals surface area contributed by atoms with Crippen molar-refractivity contribution >= 4 is 15.9 Å². The van der Waals surface area contributed by atoms with Crippen LogP contribution in [0, 0.1) is 5.82 Å². The second kappa shape index (κ2) is 8.25. The molecule has 0 radical (unpaired) electrons. The van der Waals surface area contributed by atoms with Crippen LogP contribution in [0.1, 0.15) is 24.5 Å². The van der Waals surface area contributed by atoms with Crippen molar-refractivity contribution in [1.29, 1.82) is 0 Å². The number of nitrogens with one attached hydrogen (secondary N) is 1. The lowest BCUT2D eigenvalue weighted by molar-refractivity contribution is 0.489. The molecular weight excluding hydrogens is 331 g/mol. The lowest BCUT2D eigenvalue weighted by Gasteiger charge is -2.19. The summed E-state index contributed by atoms with van der Waals surface area (Å²) in [6, 6.07) is 9.24. The van der Waals surface area contributed by atoms with E-state index in [0.717, 1.165) is 35.8 Å². The van der Waals surface area contributed by atoms with Crippen molar-refractivity contribution < 1.29 is 4.39 Å². The Morgan fingerprint density at radius 2 is 2.19 bits per heavy atom. The maximum atomic E-state index is 13.4. The SMILES string of the molecule is CCNC(CCc1cccnc1)Cc1cc(F)ccc1Br. The summed E-state index contributed by atoms with van der Waals surface area (Å²) in [6.07, 6.45) is 6.48. The van der Waals surface area contributed by atoms with Crippen LogP contribution < -0.4 is 5.32 Å². The molecule has 1 atom stereocenters. The lowest BCUT2D eigenvalue weighted by atomic mass is 9.99. The summed E-state index contributed by atoms with van der Waals surface area (Å²) in [5.74, 6) is -0.185. The van der Waals surface area contributed by atoms with E-state index in [1.165, 1.54) is 11.6 Å². The summed E-state index contributed by atoms with van der Waals surface area (Å²) in [6.45, 7) is 3.00. The zero-order valence-corrected chi connectivity index (χ0v) is 13.7. The Hall–Kier alpha value is -1.26. The van der Waals surface area contributed by atoms with Gasteiger partial charge in [-0.2, -0.15) is 0 Å². The van der Waals surface area contributed by atoms with Crippen LogP contribution in [0.25, 0.3) is 0 Å². The van der Waals surface area contributed by atoms with Crippen molar-refractivity contribution in [1.82, 2.24) is 10.3 Å². The van der Waals surface area contributed by atoms with Gasteiger partial charge in [0.25, 0.3) is 0 Å². The molecule has 21 heavy (non-hydrogen) atoms. The van der Waals surface area contributed by atoms with Crippen LogP contribution >= 0.6 is 15.9 Å². The van der Waals surface area contributed by atoms with Crippen molar-refractivity contribution in [3.05, 3.63) is 64.1 Å². The van der Waals surface area contributed by atoms with Gasteiger partial charge in [-0.25, -0.2) is 4.39 Å². The standard InChI is InChI=1S/C17H20BrFN2/c1-2-21-16(7-5-13-4-3-9-20-12-13)11-14-10-15(19)6-8-17(14)18/h3-4,6,8-10,12,16,21H,2,5,7,11H2,1H3. The van der Waals surface area contributed by atoms with Gasteiger partial charge in [0.15, 0.2) is 0 Å². The predicted octanol–water partition coefficient (Wildman–Crippen LogP) is 4.14. The number of hydrogen-bond acceptors (Lipinski definition) is 2. The molecule has 0 amide bonds. The van der Waals surface area contributed by atoms with Gasteiger partial charge in [-0.1, -0.05) is 28.9 Å². The fraction of sp³-hybridized carbons (Fsp3) is 0.353. The third kappa shape index (κ3) is 5.21. The molecule has 1 aromatic carbocycles. The summed E-state index contributed by atoms with van der Waals surface area (Å²) >= 11 is 3.50. The van der Waals surface area contributed by atoms with E-state index in [2.05, 4.69) is 39.2 Å². The minimum Gasteiger partial charge on any atom is -0.314 e. The maximum absolute atomic E-state index is 13.4. The van der Waals surface area contributed by atoms with E-state index >= 15 is 0 Å². The summed E-state index contributed by atoms with van der Waals surface area (Å²) in [7, 11) is 0. The van der Waals surface area contributed by atoms with Crippen LogP contribution in [0.2, 0.25) is 0 Å². The fourth-order valence-electron chi connectivity index (χ4n) is 2.42. The van der Waals surface area contributed by atoms with E-state index in [9.17, 15) is 4.39 Å². The average molecular weight is 351 g/mol. The normalized spacial score (nSPS) is 12.3. The first-order chi connectivity index (χ1) is 10.2. The number of nitrogens with zero attached hydrogens (tertiary/aromatic N) is 1. The van der Waals surface area contributed by atoms with E-state index < -0.39 is 0 Å². The van der Waals surface area contributed by atoms with Gasteiger partial charge in [-0.3, -0.25) is 4.98 Å². The van der Waals surface area contributed by atoms with Gasteiger partial charge in [0.05, 0.1) is 0 Å². The van der Waals surface area contributed by atoms with E-state index in [-0.39, 0.29) is 5.82 Å². The van der Waals surface area contributed by atoms with Crippen LogP contribution in [0.3, 0.4) is 0 Å². The molecule has 1 N–H and O–H groups in total. The molecule has 0 aliphatic rings. The first-order valence-corrected chi connectivity index (χ1v) is 8.04. The highest BCUT2D eigenvalue weighted by molar-refractivity contribution is 9.10. The molecule has 1 heterocycles. The Morgan fingerprint density at radius 3 is 2.90 bits per heavy atom. The fourth-order valence-corrected chi connectivity index (χ4v) is 2.83. The average Bonchev–Trinajstić information content (AvgIpc) is 2.50. The quantitative estimate of drug-likeness (QED) is 0.811. The second-order valence-electron chi connectivity index (χ2n) is 5.09. The first-order valence-electron chi connectivity index (χ1n) is 7.25. The van der Waals surface area contributed by atoms with Gasteiger partial charge in [-0.15, -0.1) is 0 Å². The lowest BCUT2D eigenvalue weighted by Crippen LogP contribution is -2.31. The Balaban J connectivity index is 2.00. The van der Waals surface area contributed by atoms with Gasteiger partial charge in [0.1, 0.15) is 5.82 Å². The molecule has 1 unspecified atom stereocenters. The largest absolute Gasteiger partial charge is 0.314 e. The highest BCUT2D eigenvalue weighted by atomic mass is 79.9. The van der Waals surface area contributed by atoms with Crippen molar-refractivity contribution in [3.63, 3.8) is 0 Å². The monoisotopic (exact) mass is 350 g/mol. The molecule has 0 saturated carbocycles. The molecule has 2 nitrogen and oxygen atoms in total. The Labute approximate surface area is 133 Å². The van der Waals surface area contributed by atoms with Crippen LogP contribution in [-0.4, -0.2) is 17.6 Å². The van der Waals surface area contributed by atoms with E-state index in [1.54, 1.807) is 18.3 Å². The van der Waals surface area contributed by atoms with Crippen molar-refractivity contribution in [2.75, 3.05) is 6.54 Å². The minimum absolute atomic E-state index is 0.185. The molecule has 112 valence electrons. The third-order valence-electron chi connectivity index (χ3n) is 3.47. The Bertz CT molecular complexity index is 560. The van der Waals surface area contributed by atoms with E-state index in [0.29, 0.717) is 6.04 Å². The number of pyridine rings is 1. The van der Waals surface area contributed by atoms with Crippen LogP contribution in [0.4, 0.5) is 4.39 Å². The van der Waals surface area contributed by atoms with Gasteiger partial charge in [0, 0.05) is 22.9 Å². The number of aromatic nitrogens is 1. The van der Waals surface area contributed by atoms with Gasteiger partial charge in [0.2, 0.25) is 0 Å². The van der Waals surface area contributed by atoms with E-state index in [4.69, 9.17) is 0 Å². The Kier molecular flexibility index (Phi) is 6.33. The van der Waals surface area contributed by atoms with Gasteiger partial charge in [-0.05, 0) is 61.2 Å². The summed E-state index contributed by atoms with van der Waals surface area (Å²) in [5, 5.41) is 3.48. The molecule has 0 fully saturated rings. The molecule has 2 rings (SSSR count). The molecule has 0 aliphatic heterocycles. The van der Waals surface area contributed by atoms with Crippen LogP contribution in [-0.2, 0) is 12.8 Å². The summed E-state index contributed by atoms with van der Waals surface area (Å²) in [4.78, 5) is 4.14. The number of aryl methyl sites for hydroxylation is 1. The van der Waals surface area contributed by atoms with E-state index in [1.807, 2.05) is 12.3 Å². The molecule has 0 saturated heterocycles. The number of halogens is 2. The smallest absolute Gasteiger partial charge is 0.123 e. The molecular formula is C17H20BrFN2. The van der Waals surface area contributed by atoms with Crippen LogP contribution in [0.5, 0.6) is 0 Å². The maximum Gasteiger partial charge on any atom is 0.123 e. The number of benzene rings is 1. The van der Waals surface area contributed by atoms with Crippen molar-refractivity contribution in [3.8, 4) is 0 Å². The second-order valence-corrected chi connectivity index (χ2v) is 5.95. The molecule has 0 bridgehead atoms. The zero-order valence-electron chi connectivity index (χ0n) is 12.2. The molecule has 4 heteroatoms. The molecule has 0 aliphatic carbocycles. The number of rotatable bonds is 7. The highest BCUT2D eigenvalue weighted by Crippen LogP contribution is 2.20. The van der Waals surface area contributed by atoms with Crippen molar-refractivity contribution in [2.45, 2.75) is 32.2 Å². The predicted molar refractivity (Wildman–Crippen MR) is 87.8 cm³/mol. The molecule has 0 spiro atoms. The summed E-state index contributed by atoms with van der Waals surface area (Å²) in [5.41, 5.74) is 2.24. The molecule has 2 aromatic rings. The van der Waals surface area contributed by atoms with Crippen molar-refractivity contribution in [2.24, 2.45) is 0 Å². The molecule has 1 aromatic heterocycles. The zero-order chi connectivity index (χ0) is 15.1. The van der Waals surface area contributed by atoms with Gasteiger partial charge >= 0.3 is 0 Å². The van der Waals surface area contributed by atoms with Crippen LogP contribution in [0.15, 0.2) is 47.2 Å². The number of hydrogen-bond donors (Lipinski definition) is 1. The Morgan fingerprint density at radius 1 is 1.33 bits per heavy atom. The third-order valence-corrected chi connectivity index (χ3v) is 4.24. The topological polar surface area (TPSA) is 24.9 Å². The summed E-state index contributed by atoms with van der Waals surface area (Å²) < 4.78 is 14.4. The highest BCUT2D eigenvalue weighted by Gasteiger charge is 2.11. The first kappa shape index (κ1) is 16.1.